The summed E-state index contributed by atoms with van der Waals surface area (Å²) in [5.74, 6) is 1.75. The van der Waals surface area contributed by atoms with Crippen molar-refractivity contribution < 1.29 is 13.2 Å². The Morgan fingerprint density at radius 3 is 2.32 bits per heavy atom. The van der Waals surface area contributed by atoms with E-state index in [9.17, 15) is 8.42 Å². The highest BCUT2D eigenvalue weighted by Gasteiger charge is 2.25. The zero-order chi connectivity index (χ0) is 14.0. The molecule has 0 bridgehead atoms. The molecule has 2 unspecified atom stereocenters. The summed E-state index contributed by atoms with van der Waals surface area (Å²) >= 11 is 0. The number of hydrogen-bond acceptors (Lipinski definition) is 4. The average molecular weight is 304 g/mol. The zero-order valence-corrected chi connectivity index (χ0v) is 12.6. The number of ether oxygens (including phenoxy) is 1. The molecule has 0 aliphatic heterocycles. The molecule has 106 valence electrons. The molecule has 1 aliphatic rings. The third-order valence-corrected chi connectivity index (χ3v) is 4.75. The molecule has 0 N–H and O–H groups in total. The Kier molecular flexibility index (Phi) is 4.36. The standard InChI is InChI=1S/C13H18ClNO3S/c1-9-5-10(2)7-11(6-9)18-13-4-3-12(8-15-13)19(14,16)17/h3-4,8-11H,5-7H2,1-2H3. The molecule has 1 saturated carbocycles. The maximum absolute atomic E-state index is 11.1. The number of nitrogens with zero attached hydrogens (tertiary/aromatic N) is 1. The first-order chi connectivity index (χ1) is 8.84. The van der Waals surface area contributed by atoms with E-state index in [-0.39, 0.29) is 11.0 Å². The van der Waals surface area contributed by atoms with Crippen LogP contribution in [0.1, 0.15) is 33.1 Å². The topological polar surface area (TPSA) is 56.3 Å². The van der Waals surface area contributed by atoms with E-state index in [1.165, 1.54) is 18.7 Å². The lowest BCUT2D eigenvalue weighted by Crippen LogP contribution is -2.28. The lowest BCUT2D eigenvalue weighted by atomic mass is 9.82. The van der Waals surface area contributed by atoms with Crippen LogP contribution in [-0.4, -0.2) is 19.5 Å². The van der Waals surface area contributed by atoms with Gasteiger partial charge in [-0.15, -0.1) is 0 Å². The van der Waals surface area contributed by atoms with Gasteiger partial charge in [-0.25, -0.2) is 13.4 Å². The molecule has 0 spiro atoms. The Labute approximate surface area is 118 Å². The van der Waals surface area contributed by atoms with Crippen LogP contribution >= 0.6 is 10.7 Å². The van der Waals surface area contributed by atoms with Gasteiger partial charge in [0, 0.05) is 16.7 Å². The molecule has 19 heavy (non-hydrogen) atoms. The molecule has 0 amide bonds. The van der Waals surface area contributed by atoms with Gasteiger partial charge in [0.1, 0.15) is 11.0 Å². The van der Waals surface area contributed by atoms with Gasteiger partial charge in [-0.3, -0.25) is 0 Å². The second kappa shape index (κ2) is 5.67. The van der Waals surface area contributed by atoms with Gasteiger partial charge in [0.15, 0.2) is 0 Å². The van der Waals surface area contributed by atoms with E-state index in [0.29, 0.717) is 17.7 Å². The monoisotopic (exact) mass is 303 g/mol. The van der Waals surface area contributed by atoms with Crippen molar-refractivity contribution in [3.8, 4) is 5.88 Å². The molecule has 0 radical (unpaired) electrons. The lowest BCUT2D eigenvalue weighted by molar-refractivity contribution is 0.0966. The van der Waals surface area contributed by atoms with Gasteiger partial charge in [-0.1, -0.05) is 13.8 Å². The van der Waals surface area contributed by atoms with Gasteiger partial charge < -0.3 is 4.74 Å². The maximum atomic E-state index is 11.1. The molecule has 1 fully saturated rings. The highest BCUT2D eigenvalue weighted by molar-refractivity contribution is 8.13. The van der Waals surface area contributed by atoms with Crippen LogP contribution < -0.4 is 4.74 Å². The summed E-state index contributed by atoms with van der Waals surface area (Å²) in [4.78, 5) is 4.00. The molecule has 0 saturated heterocycles. The quantitative estimate of drug-likeness (QED) is 0.805. The summed E-state index contributed by atoms with van der Waals surface area (Å²) in [6.45, 7) is 4.45. The average Bonchev–Trinajstić information content (AvgIpc) is 2.26. The predicted octanol–water partition coefficient (Wildman–Crippen LogP) is 3.21. The molecular weight excluding hydrogens is 286 g/mol. The van der Waals surface area contributed by atoms with E-state index in [2.05, 4.69) is 18.8 Å². The molecule has 0 aromatic carbocycles. The van der Waals surface area contributed by atoms with E-state index in [4.69, 9.17) is 15.4 Å². The third kappa shape index (κ3) is 4.08. The van der Waals surface area contributed by atoms with Gasteiger partial charge in [-0.2, -0.15) is 0 Å². The highest BCUT2D eigenvalue weighted by atomic mass is 35.7. The number of aromatic nitrogens is 1. The summed E-state index contributed by atoms with van der Waals surface area (Å²) in [6.07, 6.45) is 4.65. The van der Waals surface area contributed by atoms with Crippen LogP contribution in [0.5, 0.6) is 5.88 Å². The number of hydrogen-bond donors (Lipinski definition) is 0. The molecule has 2 atom stereocenters. The van der Waals surface area contributed by atoms with Gasteiger partial charge in [0.05, 0.1) is 6.20 Å². The summed E-state index contributed by atoms with van der Waals surface area (Å²) in [6, 6.07) is 2.97. The first kappa shape index (κ1) is 14.6. The fourth-order valence-electron chi connectivity index (χ4n) is 2.72. The molecule has 1 aromatic heterocycles. The second-order valence-electron chi connectivity index (χ2n) is 5.43. The Hall–Kier alpha value is -0.810. The van der Waals surface area contributed by atoms with Crippen molar-refractivity contribution in [2.75, 3.05) is 0 Å². The van der Waals surface area contributed by atoms with Crippen LogP contribution in [0.2, 0.25) is 0 Å². The van der Waals surface area contributed by atoms with Crippen molar-refractivity contribution in [1.29, 1.82) is 0 Å². The highest BCUT2D eigenvalue weighted by Crippen LogP contribution is 2.31. The minimum Gasteiger partial charge on any atom is -0.474 e. The molecule has 1 heterocycles. The Balaban J connectivity index is 2.03. The van der Waals surface area contributed by atoms with Crippen LogP contribution in [-0.2, 0) is 9.05 Å². The first-order valence-electron chi connectivity index (χ1n) is 6.42. The summed E-state index contributed by atoms with van der Waals surface area (Å²) in [5, 5.41) is 0. The normalized spacial score (nSPS) is 28.1. The fourth-order valence-corrected chi connectivity index (χ4v) is 3.40. The number of rotatable bonds is 3. The van der Waals surface area contributed by atoms with Crippen molar-refractivity contribution in [1.82, 2.24) is 4.98 Å². The first-order valence-corrected chi connectivity index (χ1v) is 8.73. The minimum absolute atomic E-state index is 0.00750. The van der Waals surface area contributed by atoms with E-state index >= 15 is 0 Å². The lowest BCUT2D eigenvalue weighted by Gasteiger charge is -2.31. The fraction of sp³-hybridized carbons (Fsp3) is 0.615. The summed E-state index contributed by atoms with van der Waals surface area (Å²) < 4.78 is 28.0. The van der Waals surface area contributed by atoms with Crippen LogP contribution in [0.25, 0.3) is 0 Å². The molecule has 6 heteroatoms. The van der Waals surface area contributed by atoms with Gasteiger partial charge in [0.2, 0.25) is 5.88 Å². The number of halogens is 1. The van der Waals surface area contributed by atoms with E-state index in [1.807, 2.05) is 0 Å². The van der Waals surface area contributed by atoms with Gasteiger partial charge in [0.25, 0.3) is 9.05 Å². The Bertz CT molecular complexity index is 519. The smallest absolute Gasteiger partial charge is 0.262 e. The van der Waals surface area contributed by atoms with Crippen LogP contribution in [0.15, 0.2) is 23.2 Å². The second-order valence-corrected chi connectivity index (χ2v) is 7.99. The van der Waals surface area contributed by atoms with Crippen LogP contribution in [0.4, 0.5) is 0 Å². The van der Waals surface area contributed by atoms with Crippen molar-refractivity contribution in [3.63, 3.8) is 0 Å². The molecule has 1 aromatic rings. The summed E-state index contributed by atoms with van der Waals surface area (Å²) in [7, 11) is 1.52. The SMILES string of the molecule is CC1CC(C)CC(Oc2ccc(S(=O)(=O)Cl)cn2)C1. The zero-order valence-electron chi connectivity index (χ0n) is 11.0. The minimum atomic E-state index is -3.72. The molecule has 1 aliphatic carbocycles. The summed E-state index contributed by atoms with van der Waals surface area (Å²) in [5.41, 5.74) is 0. The largest absolute Gasteiger partial charge is 0.474 e. The maximum Gasteiger partial charge on any atom is 0.262 e. The van der Waals surface area contributed by atoms with Gasteiger partial charge >= 0.3 is 0 Å². The number of pyridine rings is 1. The van der Waals surface area contributed by atoms with E-state index in [0.717, 1.165) is 12.8 Å². The molecular formula is C13H18ClNO3S. The van der Waals surface area contributed by atoms with Crippen LogP contribution in [0.3, 0.4) is 0 Å². The van der Waals surface area contributed by atoms with E-state index in [1.54, 1.807) is 6.07 Å². The molecule has 4 nitrogen and oxygen atoms in total. The van der Waals surface area contributed by atoms with Crippen molar-refractivity contribution in [2.45, 2.75) is 44.1 Å². The van der Waals surface area contributed by atoms with Gasteiger partial charge in [-0.05, 0) is 37.2 Å². The third-order valence-electron chi connectivity index (χ3n) is 3.41. The predicted molar refractivity (Wildman–Crippen MR) is 73.9 cm³/mol. The van der Waals surface area contributed by atoms with Crippen LogP contribution in [0, 0.1) is 11.8 Å². The van der Waals surface area contributed by atoms with Crippen molar-refractivity contribution in [2.24, 2.45) is 11.8 Å². The molecule has 2 rings (SSSR count). The van der Waals surface area contributed by atoms with E-state index < -0.39 is 9.05 Å². The van der Waals surface area contributed by atoms with Crippen molar-refractivity contribution >= 4 is 19.7 Å². The Morgan fingerprint density at radius 2 is 1.84 bits per heavy atom. The van der Waals surface area contributed by atoms with Crippen molar-refractivity contribution in [3.05, 3.63) is 18.3 Å². The Morgan fingerprint density at radius 1 is 1.21 bits per heavy atom.